The largest absolute Gasteiger partial charge is 0.277 e. The summed E-state index contributed by atoms with van der Waals surface area (Å²) in [6.07, 6.45) is 5.64. The fraction of sp³-hybridized carbons (Fsp3) is 0.385. The van der Waals surface area contributed by atoms with Crippen molar-refractivity contribution in [2.45, 2.75) is 32.2 Å². The molecule has 1 aromatic rings. The van der Waals surface area contributed by atoms with Gasteiger partial charge in [-0.15, -0.1) is 22.2 Å². The highest BCUT2D eigenvalue weighted by atomic mass is 35.7. The van der Waals surface area contributed by atoms with Gasteiger partial charge < -0.3 is 0 Å². The minimum Gasteiger partial charge on any atom is -0.140 e. The molecule has 0 nitrogen and oxygen atoms in total. The van der Waals surface area contributed by atoms with Crippen LogP contribution in [0.3, 0.4) is 0 Å². The molecule has 0 fully saturated rings. The second-order valence-corrected chi connectivity index (χ2v) is 10.8. The Bertz CT molecular complexity index is 320. The Balaban J connectivity index is 2.48. The normalized spacial score (nSPS) is 12.2. The smallest absolute Gasteiger partial charge is 0.140 e. The van der Waals surface area contributed by atoms with Crippen LogP contribution in [0.4, 0.5) is 0 Å². The van der Waals surface area contributed by atoms with Crippen LogP contribution in [0.1, 0.15) is 31.7 Å². The topological polar surface area (TPSA) is 0 Å². The Morgan fingerprint density at radius 3 is 2.50 bits per heavy atom. The third-order valence-corrected chi connectivity index (χ3v) is 5.53. The average molecular weight is 273 g/mol. The number of unbranched alkanes of at least 4 members (excludes halogenated alkanes) is 2. The maximum absolute atomic E-state index is 6.37. The van der Waals surface area contributed by atoms with Gasteiger partial charge in [0.1, 0.15) is 0 Å². The minimum atomic E-state index is -2.23. The maximum atomic E-state index is 6.37. The molecule has 0 saturated carbocycles. The number of rotatable bonds is 6. The predicted molar refractivity (Wildman–Crippen MR) is 76.3 cm³/mol. The van der Waals surface area contributed by atoms with E-state index in [0.29, 0.717) is 0 Å². The van der Waals surface area contributed by atoms with Gasteiger partial charge >= 0.3 is 0 Å². The molecule has 0 aliphatic carbocycles. The van der Waals surface area contributed by atoms with Crippen LogP contribution in [0.5, 0.6) is 0 Å². The highest BCUT2D eigenvalue weighted by Gasteiger charge is 2.24. The van der Waals surface area contributed by atoms with Crippen LogP contribution >= 0.6 is 22.2 Å². The second-order valence-electron chi connectivity index (χ2n) is 3.97. The average Bonchev–Trinajstić information content (AvgIpc) is 2.25. The van der Waals surface area contributed by atoms with E-state index in [1.807, 2.05) is 23.9 Å². The van der Waals surface area contributed by atoms with Gasteiger partial charge in [0.15, 0.2) is 0 Å². The van der Waals surface area contributed by atoms with E-state index in [2.05, 4.69) is 25.1 Å². The van der Waals surface area contributed by atoms with Crippen molar-refractivity contribution in [3.8, 4) is 0 Å². The fourth-order valence-electron chi connectivity index (χ4n) is 1.50. The molecule has 0 aliphatic rings. The standard InChI is InChI=1S/C13H18Cl2Si/c1-2-3-4-8-11-16(14,15)12-13-9-6-5-7-10-13/h5-11H,2-4,12H2,1H3. The molecular weight excluding hydrogens is 255 g/mol. The lowest BCUT2D eigenvalue weighted by molar-refractivity contribution is 0.815. The Hall–Kier alpha value is -0.243. The van der Waals surface area contributed by atoms with E-state index in [9.17, 15) is 0 Å². The summed E-state index contributed by atoms with van der Waals surface area (Å²) in [5, 5.41) is 0. The number of hydrogen-bond acceptors (Lipinski definition) is 0. The van der Waals surface area contributed by atoms with Gasteiger partial charge in [0.2, 0.25) is 0 Å². The summed E-state index contributed by atoms with van der Waals surface area (Å²) in [5.74, 6) is 0. The highest BCUT2D eigenvalue weighted by molar-refractivity contribution is 7.47. The molecule has 0 heterocycles. The number of benzene rings is 1. The molecule has 0 atom stereocenters. The van der Waals surface area contributed by atoms with Gasteiger partial charge in [-0.05, 0) is 18.0 Å². The fourth-order valence-corrected chi connectivity index (χ4v) is 4.37. The minimum absolute atomic E-state index is 0.791. The van der Waals surface area contributed by atoms with E-state index >= 15 is 0 Å². The van der Waals surface area contributed by atoms with E-state index < -0.39 is 6.69 Å². The van der Waals surface area contributed by atoms with Crippen molar-refractivity contribution < 1.29 is 0 Å². The van der Waals surface area contributed by atoms with E-state index in [4.69, 9.17) is 22.2 Å². The van der Waals surface area contributed by atoms with Crippen LogP contribution in [-0.4, -0.2) is 6.69 Å². The number of halogens is 2. The van der Waals surface area contributed by atoms with Gasteiger partial charge in [0.05, 0.1) is 0 Å². The molecule has 1 aromatic carbocycles. The van der Waals surface area contributed by atoms with Crippen molar-refractivity contribution >= 4 is 28.9 Å². The zero-order valence-corrected chi connectivity index (χ0v) is 12.1. The molecule has 0 radical (unpaired) electrons. The summed E-state index contributed by atoms with van der Waals surface area (Å²) in [4.78, 5) is 0. The van der Waals surface area contributed by atoms with Crippen LogP contribution in [-0.2, 0) is 6.04 Å². The lowest BCUT2D eigenvalue weighted by atomic mass is 10.2. The van der Waals surface area contributed by atoms with Crippen molar-refractivity contribution in [3.05, 3.63) is 47.7 Å². The van der Waals surface area contributed by atoms with Crippen molar-refractivity contribution in [1.82, 2.24) is 0 Å². The van der Waals surface area contributed by atoms with Gasteiger partial charge in [-0.1, -0.05) is 61.9 Å². The zero-order valence-electron chi connectivity index (χ0n) is 9.63. The Morgan fingerprint density at radius 1 is 1.19 bits per heavy atom. The van der Waals surface area contributed by atoms with Crippen LogP contribution in [0.15, 0.2) is 42.1 Å². The number of hydrogen-bond donors (Lipinski definition) is 0. The summed E-state index contributed by atoms with van der Waals surface area (Å²) in [7, 11) is 0. The van der Waals surface area contributed by atoms with E-state index in [0.717, 1.165) is 12.5 Å². The first-order valence-electron chi connectivity index (χ1n) is 5.73. The summed E-state index contributed by atoms with van der Waals surface area (Å²) < 4.78 is 0. The monoisotopic (exact) mass is 272 g/mol. The molecule has 0 unspecified atom stereocenters. The molecule has 1 rings (SSSR count). The third kappa shape index (κ3) is 5.74. The van der Waals surface area contributed by atoms with Crippen molar-refractivity contribution in [2.24, 2.45) is 0 Å². The van der Waals surface area contributed by atoms with Gasteiger partial charge in [0.25, 0.3) is 6.69 Å². The molecule has 3 heteroatoms. The summed E-state index contributed by atoms with van der Waals surface area (Å²) >= 11 is 12.7. The second kappa shape index (κ2) is 7.15. The summed E-state index contributed by atoms with van der Waals surface area (Å²) in [6, 6.07) is 11.0. The molecule has 0 bridgehead atoms. The molecule has 88 valence electrons. The predicted octanol–water partition coefficient (Wildman–Crippen LogP) is 4.97. The van der Waals surface area contributed by atoms with Crippen LogP contribution in [0.2, 0.25) is 0 Å². The molecular formula is C13H18Cl2Si. The van der Waals surface area contributed by atoms with Crippen LogP contribution in [0.25, 0.3) is 0 Å². The highest BCUT2D eigenvalue weighted by Crippen LogP contribution is 2.22. The first-order chi connectivity index (χ1) is 7.64. The molecule has 0 aliphatic heterocycles. The molecule has 0 spiro atoms. The summed E-state index contributed by atoms with van der Waals surface area (Å²) in [5.41, 5.74) is 3.26. The van der Waals surface area contributed by atoms with Crippen molar-refractivity contribution in [3.63, 3.8) is 0 Å². The Labute approximate surface area is 109 Å². The Morgan fingerprint density at radius 2 is 1.88 bits per heavy atom. The molecule has 16 heavy (non-hydrogen) atoms. The van der Waals surface area contributed by atoms with Gasteiger partial charge in [-0.3, -0.25) is 0 Å². The van der Waals surface area contributed by atoms with Crippen LogP contribution in [0, 0.1) is 0 Å². The summed E-state index contributed by atoms with van der Waals surface area (Å²) in [6.45, 7) is -0.0458. The molecule has 0 saturated heterocycles. The molecule has 0 aromatic heterocycles. The SMILES string of the molecule is CCCCC=C[Si](Cl)(Cl)Cc1ccccc1. The van der Waals surface area contributed by atoms with Crippen molar-refractivity contribution in [1.29, 1.82) is 0 Å². The zero-order chi connectivity index (χ0) is 11.9. The molecule has 0 N–H and O–H groups in total. The lowest BCUT2D eigenvalue weighted by Gasteiger charge is -2.11. The molecule has 0 amide bonds. The Kier molecular flexibility index (Phi) is 6.18. The lowest BCUT2D eigenvalue weighted by Crippen LogP contribution is -2.20. The van der Waals surface area contributed by atoms with E-state index in [1.54, 1.807) is 0 Å². The van der Waals surface area contributed by atoms with Gasteiger partial charge in [0, 0.05) is 0 Å². The number of allylic oxidation sites excluding steroid dienone is 1. The van der Waals surface area contributed by atoms with E-state index in [-0.39, 0.29) is 0 Å². The maximum Gasteiger partial charge on any atom is 0.277 e. The first kappa shape index (κ1) is 13.8. The van der Waals surface area contributed by atoms with E-state index in [1.165, 1.54) is 18.4 Å². The van der Waals surface area contributed by atoms with Gasteiger partial charge in [-0.2, -0.15) is 0 Å². The third-order valence-electron chi connectivity index (χ3n) is 2.37. The van der Waals surface area contributed by atoms with Crippen molar-refractivity contribution in [2.75, 3.05) is 0 Å². The van der Waals surface area contributed by atoms with Crippen LogP contribution < -0.4 is 0 Å². The quantitative estimate of drug-likeness (QED) is 0.390. The van der Waals surface area contributed by atoms with Gasteiger partial charge in [-0.25, -0.2) is 0 Å². The first-order valence-corrected chi connectivity index (χ1v) is 10.0.